The molecule has 0 aliphatic carbocycles. The standard InChI is InChI=1S/C19H34N4O2/c1-3-17-7-4-5-13-23(17)14-11-21-19(22-12-16-24-2)20-10-9-18-8-6-15-25-18/h6,8,15,17H,3-5,7,9-14,16H2,1-2H3,(H2,20,21,22). The van der Waals surface area contributed by atoms with Crippen molar-refractivity contribution in [3.8, 4) is 0 Å². The number of hydrogen-bond donors (Lipinski definition) is 2. The number of guanidine groups is 1. The number of likely N-dealkylation sites (tertiary alicyclic amines) is 1. The predicted molar refractivity (Wildman–Crippen MR) is 102 cm³/mol. The fourth-order valence-electron chi connectivity index (χ4n) is 3.31. The van der Waals surface area contributed by atoms with Crippen LogP contribution in [0.15, 0.2) is 27.8 Å². The van der Waals surface area contributed by atoms with Gasteiger partial charge in [0.1, 0.15) is 5.76 Å². The second-order valence-electron chi connectivity index (χ2n) is 6.50. The van der Waals surface area contributed by atoms with Gasteiger partial charge in [-0.15, -0.1) is 0 Å². The first-order valence-electron chi connectivity index (χ1n) is 9.61. The zero-order valence-electron chi connectivity index (χ0n) is 15.8. The van der Waals surface area contributed by atoms with E-state index in [9.17, 15) is 0 Å². The zero-order chi connectivity index (χ0) is 17.7. The summed E-state index contributed by atoms with van der Waals surface area (Å²) in [6, 6.07) is 4.66. The lowest BCUT2D eigenvalue weighted by Gasteiger charge is -2.34. The number of aliphatic imine (C=N–C) groups is 1. The van der Waals surface area contributed by atoms with Crippen LogP contribution in [0.1, 0.15) is 38.4 Å². The molecule has 142 valence electrons. The van der Waals surface area contributed by atoms with Crippen molar-refractivity contribution in [3.05, 3.63) is 24.2 Å². The molecule has 1 atom stereocenters. The molecule has 2 rings (SSSR count). The highest BCUT2D eigenvalue weighted by molar-refractivity contribution is 5.79. The van der Waals surface area contributed by atoms with Crippen LogP contribution in [-0.2, 0) is 11.2 Å². The molecular weight excluding hydrogens is 316 g/mol. The number of hydrogen-bond acceptors (Lipinski definition) is 4. The fourth-order valence-corrected chi connectivity index (χ4v) is 3.31. The molecule has 0 spiro atoms. The molecule has 0 amide bonds. The molecule has 1 fully saturated rings. The highest BCUT2D eigenvalue weighted by Crippen LogP contribution is 2.18. The fraction of sp³-hybridized carbons (Fsp3) is 0.737. The van der Waals surface area contributed by atoms with Crippen molar-refractivity contribution in [2.75, 3.05) is 46.4 Å². The maximum atomic E-state index is 5.37. The van der Waals surface area contributed by atoms with Crippen LogP contribution in [0.25, 0.3) is 0 Å². The quantitative estimate of drug-likeness (QED) is 0.385. The highest BCUT2D eigenvalue weighted by Gasteiger charge is 2.19. The first-order chi connectivity index (χ1) is 12.3. The first-order valence-corrected chi connectivity index (χ1v) is 9.61. The second kappa shape index (κ2) is 11.9. The van der Waals surface area contributed by atoms with E-state index in [2.05, 4.69) is 22.5 Å². The van der Waals surface area contributed by atoms with Crippen LogP contribution in [-0.4, -0.2) is 63.3 Å². The topological polar surface area (TPSA) is 62.0 Å². The van der Waals surface area contributed by atoms with Crippen molar-refractivity contribution in [3.63, 3.8) is 0 Å². The van der Waals surface area contributed by atoms with Crippen molar-refractivity contribution in [1.29, 1.82) is 0 Å². The van der Waals surface area contributed by atoms with Crippen molar-refractivity contribution in [2.24, 2.45) is 4.99 Å². The maximum absolute atomic E-state index is 5.37. The van der Waals surface area contributed by atoms with E-state index < -0.39 is 0 Å². The minimum atomic E-state index is 0.670. The normalized spacial score (nSPS) is 19.1. The molecule has 1 aromatic rings. The number of nitrogens with zero attached hydrogens (tertiary/aromatic N) is 2. The third-order valence-electron chi connectivity index (χ3n) is 4.72. The SMILES string of the molecule is CCC1CCCCN1CCN=C(NCCOC)NCCc1ccco1. The van der Waals surface area contributed by atoms with E-state index in [-0.39, 0.29) is 0 Å². The zero-order valence-corrected chi connectivity index (χ0v) is 15.8. The monoisotopic (exact) mass is 350 g/mol. The number of nitrogens with one attached hydrogen (secondary N) is 2. The number of methoxy groups -OCH3 is 1. The molecule has 0 bridgehead atoms. The average molecular weight is 351 g/mol. The predicted octanol–water partition coefficient (Wildman–Crippen LogP) is 2.27. The number of furan rings is 1. The minimum absolute atomic E-state index is 0.670. The van der Waals surface area contributed by atoms with Gasteiger partial charge < -0.3 is 19.8 Å². The van der Waals surface area contributed by atoms with Crippen LogP contribution in [0.4, 0.5) is 0 Å². The van der Waals surface area contributed by atoms with Crippen LogP contribution in [0, 0.1) is 0 Å². The molecule has 6 heteroatoms. The summed E-state index contributed by atoms with van der Waals surface area (Å²) in [6.07, 6.45) is 7.83. The lowest BCUT2D eigenvalue weighted by molar-refractivity contribution is 0.148. The Morgan fingerprint density at radius 1 is 1.36 bits per heavy atom. The van der Waals surface area contributed by atoms with E-state index in [1.807, 2.05) is 12.1 Å². The van der Waals surface area contributed by atoms with Crippen molar-refractivity contribution < 1.29 is 9.15 Å². The molecule has 1 unspecified atom stereocenters. The van der Waals surface area contributed by atoms with Gasteiger partial charge in [-0.2, -0.15) is 0 Å². The summed E-state index contributed by atoms with van der Waals surface area (Å²) < 4.78 is 10.5. The van der Waals surface area contributed by atoms with E-state index in [1.54, 1.807) is 13.4 Å². The van der Waals surface area contributed by atoms with Crippen LogP contribution >= 0.6 is 0 Å². The van der Waals surface area contributed by atoms with Crippen LogP contribution in [0.3, 0.4) is 0 Å². The summed E-state index contributed by atoms with van der Waals surface area (Å²) in [5.74, 6) is 1.84. The summed E-state index contributed by atoms with van der Waals surface area (Å²) in [7, 11) is 1.71. The van der Waals surface area contributed by atoms with E-state index in [4.69, 9.17) is 14.1 Å². The van der Waals surface area contributed by atoms with Gasteiger partial charge >= 0.3 is 0 Å². The molecule has 1 aromatic heterocycles. The third-order valence-corrected chi connectivity index (χ3v) is 4.72. The van der Waals surface area contributed by atoms with Crippen LogP contribution < -0.4 is 10.6 Å². The van der Waals surface area contributed by atoms with Gasteiger partial charge in [-0.1, -0.05) is 13.3 Å². The van der Waals surface area contributed by atoms with Gasteiger partial charge in [0.25, 0.3) is 0 Å². The summed E-state index contributed by atoms with van der Waals surface area (Å²) in [4.78, 5) is 7.34. The van der Waals surface area contributed by atoms with Gasteiger partial charge in [-0.3, -0.25) is 9.89 Å². The largest absolute Gasteiger partial charge is 0.469 e. The Bertz CT molecular complexity index is 476. The first kappa shape index (κ1) is 19.8. The van der Waals surface area contributed by atoms with Crippen LogP contribution in [0.5, 0.6) is 0 Å². The van der Waals surface area contributed by atoms with E-state index in [0.29, 0.717) is 6.61 Å². The van der Waals surface area contributed by atoms with Gasteiger partial charge in [-0.25, -0.2) is 0 Å². The molecule has 2 N–H and O–H groups in total. The molecule has 1 aliphatic heterocycles. The van der Waals surface area contributed by atoms with E-state index in [1.165, 1.54) is 32.2 Å². The van der Waals surface area contributed by atoms with Gasteiger partial charge in [0.15, 0.2) is 5.96 Å². The van der Waals surface area contributed by atoms with E-state index >= 15 is 0 Å². The summed E-state index contributed by atoms with van der Waals surface area (Å²) in [5, 5.41) is 6.71. The molecule has 1 saturated heterocycles. The molecule has 25 heavy (non-hydrogen) atoms. The lowest BCUT2D eigenvalue weighted by Crippen LogP contribution is -2.42. The lowest BCUT2D eigenvalue weighted by atomic mass is 10.0. The molecule has 0 radical (unpaired) electrons. The summed E-state index contributed by atoms with van der Waals surface area (Å²) in [6.45, 7) is 7.58. The Balaban J connectivity index is 1.77. The Morgan fingerprint density at radius 3 is 3.00 bits per heavy atom. The molecule has 1 aliphatic rings. The molecular formula is C19H34N4O2. The third kappa shape index (κ3) is 7.48. The Morgan fingerprint density at radius 2 is 2.24 bits per heavy atom. The Labute approximate surface area is 152 Å². The molecule has 0 aromatic carbocycles. The molecule has 2 heterocycles. The summed E-state index contributed by atoms with van der Waals surface area (Å²) in [5.41, 5.74) is 0. The van der Waals surface area contributed by atoms with Gasteiger partial charge in [0.05, 0.1) is 19.4 Å². The number of piperidine rings is 1. The van der Waals surface area contributed by atoms with Crippen molar-refractivity contribution >= 4 is 5.96 Å². The Kier molecular flexibility index (Phi) is 9.44. The number of rotatable bonds is 10. The molecule has 6 nitrogen and oxygen atoms in total. The van der Waals surface area contributed by atoms with Crippen molar-refractivity contribution in [2.45, 2.75) is 45.1 Å². The van der Waals surface area contributed by atoms with Crippen LogP contribution in [0.2, 0.25) is 0 Å². The van der Waals surface area contributed by atoms with E-state index in [0.717, 1.165) is 50.4 Å². The smallest absolute Gasteiger partial charge is 0.191 e. The average Bonchev–Trinajstić information content (AvgIpc) is 3.15. The summed E-state index contributed by atoms with van der Waals surface area (Å²) >= 11 is 0. The van der Waals surface area contributed by atoms with Gasteiger partial charge in [-0.05, 0) is 37.9 Å². The Hall–Kier alpha value is -1.53. The van der Waals surface area contributed by atoms with Crippen molar-refractivity contribution in [1.82, 2.24) is 15.5 Å². The highest BCUT2D eigenvalue weighted by atomic mass is 16.5. The second-order valence-corrected chi connectivity index (χ2v) is 6.50. The number of ether oxygens (including phenoxy) is 1. The minimum Gasteiger partial charge on any atom is -0.469 e. The van der Waals surface area contributed by atoms with Gasteiger partial charge in [0.2, 0.25) is 0 Å². The van der Waals surface area contributed by atoms with Gasteiger partial charge in [0, 0.05) is 39.2 Å². The maximum Gasteiger partial charge on any atom is 0.191 e. The molecule has 0 saturated carbocycles.